The lowest BCUT2D eigenvalue weighted by Crippen LogP contribution is -2.25. The van der Waals surface area contributed by atoms with Crippen molar-refractivity contribution >= 4 is 21.6 Å². The fraction of sp³-hybridized carbons (Fsp3) is 0.316. The SMILES string of the molecule is CCCCCCNC(=O)c1cccc(S(=O)(=O)Nc2ccccc2F)c1. The lowest BCUT2D eigenvalue weighted by molar-refractivity contribution is 0.0952. The third kappa shape index (κ3) is 5.56. The fourth-order valence-corrected chi connectivity index (χ4v) is 3.52. The zero-order valence-electron chi connectivity index (χ0n) is 14.7. The molecule has 2 rings (SSSR count). The Bertz CT molecular complexity index is 853. The first-order valence-electron chi connectivity index (χ1n) is 8.59. The number of hydrogen-bond acceptors (Lipinski definition) is 3. The number of rotatable bonds is 9. The van der Waals surface area contributed by atoms with Gasteiger partial charge >= 0.3 is 0 Å². The second-order valence-electron chi connectivity index (χ2n) is 5.93. The number of hydrogen-bond donors (Lipinski definition) is 2. The third-order valence-electron chi connectivity index (χ3n) is 3.84. The van der Waals surface area contributed by atoms with Crippen LogP contribution < -0.4 is 10.0 Å². The molecule has 0 aliphatic heterocycles. The number of benzene rings is 2. The van der Waals surface area contributed by atoms with E-state index in [4.69, 9.17) is 0 Å². The molecule has 0 unspecified atom stereocenters. The van der Waals surface area contributed by atoms with E-state index in [-0.39, 0.29) is 22.1 Å². The average molecular weight is 378 g/mol. The van der Waals surface area contributed by atoms with Crippen molar-refractivity contribution in [2.75, 3.05) is 11.3 Å². The van der Waals surface area contributed by atoms with Gasteiger partial charge in [-0.2, -0.15) is 0 Å². The van der Waals surface area contributed by atoms with E-state index in [1.54, 1.807) is 6.07 Å². The van der Waals surface area contributed by atoms with Crippen molar-refractivity contribution in [2.24, 2.45) is 0 Å². The van der Waals surface area contributed by atoms with Gasteiger partial charge in [-0.25, -0.2) is 12.8 Å². The average Bonchev–Trinajstić information content (AvgIpc) is 2.63. The Balaban J connectivity index is 2.07. The minimum Gasteiger partial charge on any atom is -0.352 e. The molecule has 0 saturated carbocycles. The van der Waals surface area contributed by atoms with Crippen molar-refractivity contribution in [2.45, 2.75) is 37.5 Å². The number of anilines is 1. The molecular formula is C19H23FN2O3S. The number of nitrogens with one attached hydrogen (secondary N) is 2. The molecule has 2 N–H and O–H groups in total. The highest BCUT2D eigenvalue weighted by atomic mass is 32.2. The number of carbonyl (C=O) groups excluding carboxylic acids is 1. The van der Waals surface area contributed by atoms with E-state index in [1.165, 1.54) is 42.5 Å². The first-order valence-corrected chi connectivity index (χ1v) is 10.1. The monoisotopic (exact) mass is 378 g/mol. The second kappa shape index (κ2) is 9.33. The van der Waals surface area contributed by atoms with Gasteiger partial charge in [0.05, 0.1) is 10.6 Å². The highest BCUT2D eigenvalue weighted by Crippen LogP contribution is 2.19. The summed E-state index contributed by atoms with van der Waals surface area (Å²) in [5.74, 6) is -0.999. The van der Waals surface area contributed by atoms with Crippen LogP contribution in [0.5, 0.6) is 0 Å². The minimum atomic E-state index is -3.99. The van der Waals surface area contributed by atoms with Gasteiger partial charge in [0.25, 0.3) is 15.9 Å². The van der Waals surface area contributed by atoms with Crippen LogP contribution in [0.1, 0.15) is 43.0 Å². The summed E-state index contributed by atoms with van der Waals surface area (Å²) in [7, 11) is -3.99. The largest absolute Gasteiger partial charge is 0.352 e. The van der Waals surface area contributed by atoms with Crippen molar-refractivity contribution in [3.05, 3.63) is 59.9 Å². The van der Waals surface area contributed by atoms with Gasteiger partial charge in [-0.05, 0) is 36.8 Å². The topological polar surface area (TPSA) is 75.3 Å². The molecule has 0 aromatic heterocycles. The molecule has 140 valence electrons. The predicted molar refractivity (Wildman–Crippen MR) is 100 cm³/mol. The van der Waals surface area contributed by atoms with Gasteiger partial charge in [-0.15, -0.1) is 0 Å². The Kier molecular flexibility index (Phi) is 7.15. The van der Waals surface area contributed by atoms with Crippen LogP contribution in [0.2, 0.25) is 0 Å². The molecule has 0 fully saturated rings. The summed E-state index contributed by atoms with van der Waals surface area (Å²) in [6.07, 6.45) is 4.15. The zero-order chi connectivity index (χ0) is 19.0. The Morgan fingerprint density at radius 3 is 2.54 bits per heavy atom. The molecule has 26 heavy (non-hydrogen) atoms. The molecule has 1 amide bonds. The maximum atomic E-state index is 13.7. The van der Waals surface area contributed by atoms with Crippen molar-refractivity contribution in [1.29, 1.82) is 0 Å². The molecule has 2 aromatic rings. The molecule has 7 heteroatoms. The van der Waals surface area contributed by atoms with Crippen LogP contribution in [0, 0.1) is 5.82 Å². The van der Waals surface area contributed by atoms with Crippen LogP contribution in [0.25, 0.3) is 0 Å². The molecule has 0 atom stereocenters. The van der Waals surface area contributed by atoms with Crippen molar-refractivity contribution in [1.82, 2.24) is 5.32 Å². The van der Waals surface area contributed by atoms with E-state index in [0.29, 0.717) is 6.54 Å². The van der Waals surface area contributed by atoms with Crippen LogP contribution in [-0.4, -0.2) is 20.9 Å². The molecule has 2 aromatic carbocycles. The smallest absolute Gasteiger partial charge is 0.262 e. The highest BCUT2D eigenvalue weighted by molar-refractivity contribution is 7.92. The molecular weight excluding hydrogens is 355 g/mol. The van der Waals surface area contributed by atoms with Gasteiger partial charge in [0.1, 0.15) is 5.82 Å². The molecule has 0 aliphatic rings. The summed E-state index contributed by atoms with van der Waals surface area (Å²) < 4.78 is 40.8. The number of halogens is 1. The van der Waals surface area contributed by atoms with Gasteiger partial charge in [0.2, 0.25) is 0 Å². The zero-order valence-corrected chi connectivity index (χ0v) is 15.5. The Morgan fingerprint density at radius 2 is 1.81 bits per heavy atom. The van der Waals surface area contributed by atoms with E-state index in [1.807, 2.05) is 0 Å². The lowest BCUT2D eigenvalue weighted by atomic mass is 10.2. The Hall–Kier alpha value is -2.41. The van der Waals surface area contributed by atoms with Crippen LogP contribution in [0.3, 0.4) is 0 Å². The standard InChI is InChI=1S/C19H23FN2O3S/c1-2-3-4-7-13-21-19(23)15-9-8-10-16(14-15)26(24,25)22-18-12-6-5-11-17(18)20/h5-6,8-12,14,22H,2-4,7,13H2,1H3,(H,21,23). The number of unbranched alkanes of at least 4 members (excludes halogenated alkanes) is 3. The van der Waals surface area contributed by atoms with Crippen LogP contribution in [0.15, 0.2) is 53.4 Å². The predicted octanol–water partition coefficient (Wildman–Crippen LogP) is 3.94. The first-order chi connectivity index (χ1) is 12.4. The summed E-state index contributed by atoms with van der Waals surface area (Å²) in [4.78, 5) is 12.1. The summed E-state index contributed by atoms with van der Waals surface area (Å²) >= 11 is 0. The number of carbonyl (C=O) groups is 1. The van der Waals surface area contributed by atoms with Gasteiger partial charge in [-0.3, -0.25) is 9.52 Å². The Morgan fingerprint density at radius 1 is 1.04 bits per heavy atom. The van der Waals surface area contributed by atoms with Gasteiger partial charge in [0, 0.05) is 12.1 Å². The van der Waals surface area contributed by atoms with E-state index in [0.717, 1.165) is 25.7 Å². The molecule has 5 nitrogen and oxygen atoms in total. The lowest BCUT2D eigenvalue weighted by Gasteiger charge is -2.10. The summed E-state index contributed by atoms with van der Waals surface area (Å²) in [5.41, 5.74) is 0.107. The molecule has 0 aliphatic carbocycles. The Labute approximate surface area is 153 Å². The number of sulfonamides is 1. The van der Waals surface area contributed by atoms with Crippen LogP contribution in [0.4, 0.5) is 10.1 Å². The number of para-hydroxylation sites is 1. The van der Waals surface area contributed by atoms with E-state index in [9.17, 15) is 17.6 Å². The number of amides is 1. The third-order valence-corrected chi connectivity index (χ3v) is 5.20. The molecule has 0 heterocycles. The van der Waals surface area contributed by atoms with Gasteiger partial charge in [-0.1, -0.05) is 44.4 Å². The molecule has 0 bridgehead atoms. The molecule has 0 radical (unpaired) electrons. The fourth-order valence-electron chi connectivity index (χ4n) is 2.41. The van der Waals surface area contributed by atoms with E-state index in [2.05, 4.69) is 17.0 Å². The van der Waals surface area contributed by atoms with Gasteiger partial charge < -0.3 is 5.32 Å². The van der Waals surface area contributed by atoms with Gasteiger partial charge in [0.15, 0.2) is 0 Å². The maximum absolute atomic E-state index is 13.7. The summed E-state index contributed by atoms with van der Waals surface area (Å²) in [6, 6.07) is 11.2. The summed E-state index contributed by atoms with van der Waals surface area (Å²) in [6.45, 7) is 2.66. The van der Waals surface area contributed by atoms with Crippen LogP contribution in [-0.2, 0) is 10.0 Å². The molecule has 0 saturated heterocycles. The summed E-state index contributed by atoms with van der Waals surface area (Å²) in [5, 5.41) is 2.78. The van der Waals surface area contributed by atoms with Crippen molar-refractivity contribution < 1.29 is 17.6 Å². The molecule has 0 spiro atoms. The quantitative estimate of drug-likeness (QED) is 0.649. The normalized spacial score (nSPS) is 11.2. The van der Waals surface area contributed by atoms with Crippen molar-refractivity contribution in [3.63, 3.8) is 0 Å². The van der Waals surface area contributed by atoms with E-state index < -0.39 is 15.8 Å². The van der Waals surface area contributed by atoms with Crippen molar-refractivity contribution in [3.8, 4) is 0 Å². The maximum Gasteiger partial charge on any atom is 0.262 e. The minimum absolute atomic E-state index is 0.0978. The van der Waals surface area contributed by atoms with Crippen LogP contribution >= 0.6 is 0 Å². The van der Waals surface area contributed by atoms with E-state index >= 15 is 0 Å². The first kappa shape index (κ1) is 19.9. The highest BCUT2D eigenvalue weighted by Gasteiger charge is 2.18. The second-order valence-corrected chi connectivity index (χ2v) is 7.61.